The average molecular weight is 283 g/mol. The van der Waals surface area contributed by atoms with Crippen molar-refractivity contribution in [3.05, 3.63) is 35.5 Å². The van der Waals surface area contributed by atoms with E-state index in [0.717, 1.165) is 18.5 Å². The van der Waals surface area contributed by atoms with Gasteiger partial charge in [-0.05, 0) is 18.1 Å². The first kappa shape index (κ1) is 12.6. The van der Waals surface area contributed by atoms with Crippen molar-refractivity contribution in [3.63, 3.8) is 0 Å². The molecule has 1 atom stereocenters. The van der Waals surface area contributed by atoms with Crippen molar-refractivity contribution in [2.45, 2.75) is 25.4 Å². The van der Waals surface area contributed by atoms with Crippen LogP contribution in [0.15, 0.2) is 24.3 Å². The first-order chi connectivity index (χ1) is 10.1. The number of para-hydroxylation sites is 1. The van der Waals surface area contributed by atoms with Crippen molar-refractivity contribution >= 4 is 22.7 Å². The molecule has 0 unspecified atom stereocenters. The van der Waals surface area contributed by atoms with Crippen LogP contribution in [-0.4, -0.2) is 46.2 Å². The monoisotopic (exact) mass is 283 g/mol. The second-order valence-corrected chi connectivity index (χ2v) is 5.86. The quantitative estimate of drug-likeness (QED) is 0.802. The second-order valence-electron chi connectivity index (χ2n) is 5.86. The molecule has 3 heterocycles. The summed E-state index contributed by atoms with van der Waals surface area (Å²) in [4.78, 5) is 30.7. The number of H-pyrrole nitrogens is 1. The van der Waals surface area contributed by atoms with Crippen molar-refractivity contribution in [2.24, 2.45) is 0 Å². The standard InChI is InChI=1S/C16H17N3O2/c1-18-15(20)8-14(16(18)21)19-7-6-11-10-4-2-3-5-12(10)17-13(11)9-19/h2-5,14,17H,6-9H2,1H3/t14-/m1/s1. The number of rotatable bonds is 1. The Hall–Kier alpha value is -2.14. The van der Waals surface area contributed by atoms with E-state index < -0.39 is 0 Å². The van der Waals surface area contributed by atoms with Crippen LogP contribution < -0.4 is 0 Å². The van der Waals surface area contributed by atoms with Gasteiger partial charge in [0.15, 0.2) is 0 Å². The van der Waals surface area contributed by atoms with Gasteiger partial charge >= 0.3 is 0 Å². The number of carbonyl (C=O) groups excluding carboxylic acids is 2. The third kappa shape index (κ3) is 1.81. The smallest absolute Gasteiger partial charge is 0.246 e. The maximum absolute atomic E-state index is 12.2. The molecule has 1 aromatic carbocycles. The summed E-state index contributed by atoms with van der Waals surface area (Å²) < 4.78 is 0. The highest BCUT2D eigenvalue weighted by Gasteiger charge is 2.40. The van der Waals surface area contributed by atoms with Crippen LogP contribution in [0.5, 0.6) is 0 Å². The van der Waals surface area contributed by atoms with Crippen LogP contribution in [0.2, 0.25) is 0 Å². The van der Waals surface area contributed by atoms with Gasteiger partial charge in [0, 0.05) is 36.7 Å². The zero-order valence-corrected chi connectivity index (χ0v) is 11.9. The number of likely N-dealkylation sites (N-methyl/N-ethyl adjacent to an activating group) is 1. The number of hydrogen-bond acceptors (Lipinski definition) is 3. The Kier molecular flexibility index (Phi) is 2.65. The number of aromatic amines is 1. The van der Waals surface area contributed by atoms with Crippen LogP contribution in [0.3, 0.4) is 0 Å². The molecule has 21 heavy (non-hydrogen) atoms. The fraction of sp³-hybridized carbons (Fsp3) is 0.375. The van der Waals surface area contributed by atoms with Crippen LogP contribution in [0, 0.1) is 0 Å². The van der Waals surface area contributed by atoms with Gasteiger partial charge in [-0.1, -0.05) is 18.2 Å². The molecule has 1 fully saturated rings. The van der Waals surface area contributed by atoms with E-state index in [0.29, 0.717) is 13.0 Å². The van der Waals surface area contributed by atoms with Crippen LogP contribution in [0.25, 0.3) is 10.9 Å². The minimum absolute atomic E-state index is 0.0699. The van der Waals surface area contributed by atoms with Gasteiger partial charge in [0.25, 0.3) is 0 Å². The van der Waals surface area contributed by atoms with E-state index in [4.69, 9.17) is 0 Å². The number of nitrogens with one attached hydrogen (secondary N) is 1. The molecule has 1 N–H and O–H groups in total. The van der Waals surface area contributed by atoms with E-state index in [1.54, 1.807) is 7.05 Å². The lowest BCUT2D eigenvalue weighted by Gasteiger charge is -2.30. The average Bonchev–Trinajstić information content (AvgIpc) is 2.99. The zero-order chi connectivity index (χ0) is 14.6. The molecule has 5 heteroatoms. The SMILES string of the molecule is CN1C(=O)C[C@@H](N2CCc3c([nH]c4ccccc34)C2)C1=O. The van der Waals surface area contributed by atoms with Crippen LogP contribution >= 0.6 is 0 Å². The third-order valence-corrected chi connectivity index (χ3v) is 4.71. The predicted molar refractivity (Wildman–Crippen MR) is 78.6 cm³/mol. The van der Waals surface area contributed by atoms with Gasteiger partial charge in [0.2, 0.25) is 11.8 Å². The van der Waals surface area contributed by atoms with Gasteiger partial charge in [-0.2, -0.15) is 0 Å². The molecule has 2 aliphatic rings. The topological polar surface area (TPSA) is 56.4 Å². The van der Waals surface area contributed by atoms with Gasteiger partial charge in [-0.15, -0.1) is 0 Å². The molecule has 0 saturated carbocycles. The number of hydrogen-bond donors (Lipinski definition) is 1. The third-order valence-electron chi connectivity index (χ3n) is 4.71. The van der Waals surface area contributed by atoms with E-state index >= 15 is 0 Å². The number of benzene rings is 1. The number of aromatic nitrogens is 1. The summed E-state index contributed by atoms with van der Waals surface area (Å²) >= 11 is 0. The summed E-state index contributed by atoms with van der Waals surface area (Å²) in [5.74, 6) is -0.146. The van der Waals surface area contributed by atoms with Crippen molar-refractivity contribution in [2.75, 3.05) is 13.6 Å². The zero-order valence-electron chi connectivity index (χ0n) is 11.9. The van der Waals surface area contributed by atoms with Crippen molar-refractivity contribution in [1.82, 2.24) is 14.8 Å². The predicted octanol–water partition coefficient (Wildman–Crippen LogP) is 1.28. The summed E-state index contributed by atoms with van der Waals surface area (Å²) in [7, 11) is 1.57. The maximum Gasteiger partial charge on any atom is 0.246 e. The van der Waals surface area contributed by atoms with Gasteiger partial charge in [-0.25, -0.2) is 0 Å². The molecule has 1 aromatic heterocycles. The molecule has 1 saturated heterocycles. The maximum atomic E-state index is 12.2. The molecular weight excluding hydrogens is 266 g/mol. The first-order valence-corrected chi connectivity index (χ1v) is 7.28. The van der Waals surface area contributed by atoms with E-state index in [-0.39, 0.29) is 17.9 Å². The van der Waals surface area contributed by atoms with Crippen LogP contribution in [-0.2, 0) is 22.6 Å². The number of likely N-dealkylation sites (tertiary alicyclic amines) is 1. The Morgan fingerprint density at radius 1 is 1.24 bits per heavy atom. The van der Waals surface area contributed by atoms with Gasteiger partial charge in [0.1, 0.15) is 0 Å². The molecule has 0 bridgehead atoms. The van der Waals surface area contributed by atoms with Gasteiger partial charge in [-0.3, -0.25) is 19.4 Å². The molecule has 4 rings (SSSR count). The Labute approximate surface area is 122 Å². The number of fused-ring (bicyclic) bond motifs is 3. The molecule has 5 nitrogen and oxygen atoms in total. The number of imide groups is 1. The van der Waals surface area contributed by atoms with Crippen molar-refractivity contribution < 1.29 is 9.59 Å². The largest absolute Gasteiger partial charge is 0.357 e. The molecule has 0 spiro atoms. The highest BCUT2D eigenvalue weighted by molar-refractivity contribution is 6.05. The first-order valence-electron chi connectivity index (χ1n) is 7.28. The number of carbonyl (C=O) groups is 2. The van der Waals surface area contributed by atoms with Gasteiger partial charge < -0.3 is 4.98 Å². The fourth-order valence-electron chi connectivity index (χ4n) is 3.50. The van der Waals surface area contributed by atoms with Crippen molar-refractivity contribution in [3.8, 4) is 0 Å². The number of amides is 2. The summed E-state index contributed by atoms with van der Waals surface area (Å²) in [6, 6.07) is 8.00. The Morgan fingerprint density at radius 2 is 2.05 bits per heavy atom. The molecular formula is C16H17N3O2. The Morgan fingerprint density at radius 3 is 2.81 bits per heavy atom. The summed E-state index contributed by atoms with van der Waals surface area (Å²) in [6.07, 6.45) is 1.23. The lowest BCUT2D eigenvalue weighted by Crippen LogP contribution is -2.43. The summed E-state index contributed by atoms with van der Waals surface area (Å²) in [5.41, 5.74) is 3.68. The summed E-state index contributed by atoms with van der Waals surface area (Å²) in [6.45, 7) is 1.54. The van der Waals surface area contributed by atoms with E-state index in [2.05, 4.69) is 28.1 Å². The summed E-state index contributed by atoms with van der Waals surface area (Å²) in [5, 5.41) is 1.28. The van der Waals surface area contributed by atoms with Crippen molar-refractivity contribution in [1.29, 1.82) is 0 Å². The molecule has 2 amide bonds. The van der Waals surface area contributed by atoms with Crippen LogP contribution in [0.1, 0.15) is 17.7 Å². The molecule has 2 aliphatic heterocycles. The second kappa shape index (κ2) is 4.43. The lowest BCUT2D eigenvalue weighted by atomic mass is 10.0. The minimum atomic E-state index is -0.290. The molecule has 108 valence electrons. The highest BCUT2D eigenvalue weighted by Crippen LogP contribution is 2.30. The molecule has 0 radical (unpaired) electrons. The normalized spacial score (nSPS) is 23.1. The van der Waals surface area contributed by atoms with E-state index in [9.17, 15) is 9.59 Å². The Balaban J connectivity index is 1.65. The van der Waals surface area contributed by atoms with Gasteiger partial charge in [0.05, 0.1) is 12.5 Å². The lowest BCUT2D eigenvalue weighted by molar-refractivity contribution is -0.138. The fourth-order valence-corrected chi connectivity index (χ4v) is 3.50. The highest BCUT2D eigenvalue weighted by atomic mass is 16.2. The van der Waals surface area contributed by atoms with E-state index in [1.165, 1.54) is 21.5 Å². The number of nitrogens with zero attached hydrogens (tertiary/aromatic N) is 2. The van der Waals surface area contributed by atoms with E-state index in [1.807, 2.05) is 6.07 Å². The minimum Gasteiger partial charge on any atom is -0.357 e. The molecule has 0 aliphatic carbocycles. The Bertz CT molecular complexity index is 749. The van der Waals surface area contributed by atoms with Crippen LogP contribution in [0.4, 0.5) is 0 Å². The molecule has 2 aromatic rings.